The number of fused-ring (bicyclic) bond motifs is 1. The normalized spacial score (nSPS) is 13.9. The molecule has 1 aliphatic heterocycles. The molecule has 0 atom stereocenters. The average molecular weight is 282 g/mol. The van der Waals surface area contributed by atoms with E-state index in [1.54, 1.807) is 12.1 Å². The van der Waals surface area contributed by atoms with Gasteiger partial charge in [-0.15, -0.1) is 0 Å². The van der Waals surface area contributed by atoms with Gasteiger partial charge in [-0.3, -0.25) is 4.98 Å². The third kappa shape index (κ3) is 2.75. The highest BCUT2D eigenvalue weighted by atomic mass is 16.4. The Hall–Kier alpha value is -2.36. The van der Waals surface area contributed by atoms with E-state index in [2.05, 4.69) is 22.9 Å². The molecular weight excluding hydrogens is 264 g/mol. The van der Waals surface area contributed by atoms with Crippen LogP contribution < -0.4 is 4.90 Å². The number of carboxylic acids is 1. The number of aryl methyl sites for hydroxylation is 2. The zero-order valence-corrected chi connectivity index (χ0v) is 12.0. The summed E-state index contributed by atoms with van der Waals surface area (Å²) in [5.41, 5.74) is 4.88. The number of carboxylic acid groups (broad SMARTS) is 1. The number of pyridine rings is 1. The van der Waals surface area contributed by atoms with E-state index in [1.165, 1.54) is 5.56 Å². The first-order valence-electron chi connectivity index (χ1n) is 7.17. The molecule has 1 aromatic carbocycles. The van der Waals surface area contributed by atoms with E-state index >= 15 is 0 Å². The van der Waals surface area contributed by atoms with Gasteiger partial charge < -0.3 is 10.0 Å². The lowest BCUT2D eigenvalue weighted by Crippen LogP contribution is -2.29. The Morgan fingerprint density at radius 2 is 2.24 bits per heavy atom. The number of aromatic nitrogens is 1. The molecule has 4 nitrogen and oxygen atoms in total. The average Bonchev–Trinajstić information content (AvgIpc) is 2.49. The summed E-state index contributed by atoms with van der Waals surface area (Å²) in [5, 5.41) is 9.10. The Morgan fingerprint density at radius 3 is 3.00 bits per heavy atom. The highest BCUT2D eigenvalue weighted by Gasteiger charge is 2.19. The molecule has 108 valence electrons. The summed E-state index contributed by atoms with van der Waals surface area (Å²) in [4.78, 5) is 17.8. The van der Waals surface area contributed by atoms with Gasteiger partial charge in [0.1, 0.15) is 0 Å². The van der Waals surface area contributed by atoms with Crippen LogP contribution in [0.1, 0.15) is 33.6 Å². The summed E-state index contributed by atoms with van der Waals surface area (Å²) in [5.74, 6) is -0.865. The minimum absolute atomic E-state index is 0.365. The fraction of sp³-hybridized carbons (Fsp3) is 0.294. The van der Waals surface area contributed by atoms with Crippen molar-refractivity contribution in [1.29, 1.82) is 0 Å². The maximum atomic E-state index is 11.1. The van der Waals surface area contributed by atoms with Gasteiger partial charge in [-0.25, -0.2) is 4.79 Å². The molecule has 21 heavy (non-hydrogen) atoms. The molecule has 0 aliphatic carbocycles. The minimum Gasteiger partial charge on any atom is -0.478 e. The van der Waals surface area contributed by atoms with Gasteiger partial charge in [-0.05, 0) is 55.2 Å². The number of nitrogens with zero attached hydrogens (tertiary/aromatic N) is 2. The summed E-state index contributed by atoms with van der Waals surface area (Å²) >= 11 is 0. The van der Waals surface area contributed by atoms with Crippen LogP contribution in [0.3, 0.4) is 0 Å². The van der Waals surface area contributed by atoms with E-state index in [4.69, 9.17) is 5.11 Å². The van der Waals surface area contributed by atoms with E-state index in [1.807, 2.05) is 18.3 Å². The van der Waals surface area contributed by atoms with Crippen molar-refractivity contribution in [3.8, 4) is 0 Å². The first-order chi connectivity index (χ1) is 10.1. The van der Waals surface area contributed by atoms with Crippen molar-refractivity contribution in [2.75, 3.05) is 11.4 Å². The Morgan fingerprint density at radius 1 is 1.38 bits per heavy atom. The van der Waals surface area contributed by atoms with Crippen LogP contribution in [0.15, 0.2) is 36.5 Å². The smallest absolute Gasteiger partial charge is 0.335 e. The molecule has 1 aliphatic rings. The molecule has 0 saturated heterocycles. The zero-order valence-electron chi connectivity index (χ0n) is 12.0. The number of anilines is 1. The summed E-state index contributed by atoms with van der Waals surface area (Å²) in [6, 6.07) is 9.43. The Balaban J connectivity index is 1.90. The first kappa shape index (κ1) is 13.6. The van der Waals surface area contributed by atoms with Crippen LogP contribution in [0.4, 0.5) is 5.69 Å². The second kappa shape index (κ2) is 5.56. The van der Waals surface area contributed by atoms with Gasteiger partial charge in [0.05, 0.1) is 17.8 Å². The van der Waals surface area contributed by atoms with Crippen LogP contribution in [-0.4, -0.2) is 22.6 Å². The van der Waals surface area contributed by atoms with Crippen LogP contribution in [0, 0.1) is 6.92 Å². The Bertz CT molecular complexity index is 682. The fourth-order valence-electron chi connectivity index (χ4n) is 2.84. The molecule has 4 heteroatoms. The van der Waals surface area contributed by atoms with Gasteiger partial charge in [-0.2, -0.15) is 0 Å². The number of rotatable bonds is 3. The molecular formula is C17H18N2O2. The van der Waals surface area contributed by atoms with E-state index in [9.17, 15) is 4.79 Å². The lowest BCUT2D eigenvalue weighted by atomic mass is 9.98. The fourth-order valence-corrected chi connectivity index (χ4v) is 2.84. The molecule has 0 saturated carbocycles. The predicted molar refractivity (Wildman–Crippen MR) is 81.7 cm³/mol. The molecule has 0 radical (unpaired) electrons. The lowest BCUT2D eigenvalue weighted by molar-refractivity contribution is 0.0697. The van der Waals surface area contributed by atoms with Crippen LogP contribution in [0.2, 0.25) is 0 Å². The van der Waals surface area contributed by atoms with Crippen LogP contribution in [0.25, 0.3) is 0 Å². The lowest BCUT2D eigenvalue weighted by Gasteiger charge is -2.31. The summed E-state index contributed by atoms with van der Waals surface area (Å²) in [6.07, 6.45) is 3.80. The highest BCUT2D eigenvalue weighted by molar-refractivity contribution is 5.88. The van der Waals surface area contributed by atoms with Crippen molar-refractivity contribution in [1.82, 2.24) is 4.98 Å². The molecule has 0 unspecified atom stereocenters. The number of hydrogen-bond donors (Lipinski definition) is 1. The standard InChI is InChI=1S/C17H18N2O2/c1-12-4-2-8-18-15(12)11-19-9-3-5-13-10-14(17(20)21)6-7-16(13)19/h2,4,6-8,10H,3,5,9,11H2,1H3,(H,20,21). The van der Waals surface area contributed by atoms with Crippen molar-refractivity contribution in [3.63, 3.8) is 0 Å². The quantitative estimate of drug-likeness (QED) is 0.940. The number of hydrogen-bond acceptors (Lipinski definition) is 3. The van der Waals surface area contributed by atoms with Gasteiger partial charge in [0.15, 0.2) is 0 Å². The van der Waals surface area contributed by atoms with Crippen molar-refractivity contribution in [3.05, 3.63) is 58.9 Å². The summed E-state index contributed by atoms with van der Waals surface area (Å²) < 4.78 is 0. The number of carbonyl (C=O) groups is 1. The zero-order chi connectivity index (χ0) is 14.8. The maximum absolute atomic E-state index is 11.1. The monoisotopic (exact) mass is 282 g/mol. The first-order valence-corrected chi connectivity index (χ1v) is 7.17. The van der Waals surface area contributed by atoms with E-state index in [0.29, 0.717) is 5.56 Å². The van der Waals surface area contributed by atoms with Gasteiger partial charge in [0.2, 0.25) is 0 Å². The van der Waals surface area contributed by atoms with E-state index in [0.717, 1.165) is 42.9 Å². The maximum Gasteiger partial charge on any atom is 0.335 e. The summed E-state index contributed by atoms with van der Waals surface area (Å²) in [6.45, 7) is 3.82. The molecule has 2 aromatic rings. The predicted octanol–water partition coefficient (Wildman–Crippen LogP) is 3.04. The van der Waals surface area contributed by atoms with Crippen LogP contribution in [-0.2, 0) is 13.0 Å². The SMILES string of the molecule is Cc1cccnc1CN1CCCc2cc(C(=O)O)ccc21. The largest absolute Gasteiger partial charge is 0.478 e. The van der Waals surface area contributed by atoms with Gasteiger partial charge in [0.25, 0.3) is 0 Å². The van der Waals surface area contributed by atoms with Crippen LogP contribution >= 0.6 is 0 Å². The summed E-state index contributed by atoms with van der Waals surface area (Å²) in [7, 11) is 0. The van der Waals surface area contributed by atoms with Gasteiger partial charge >= 0.3 is 5.97 Å². The second-order valence-electron chi connectivity index (χ2n) is 5.44. The molecule has 0 fully saturated rings. The molecule has 0 spiro atoms. The van der Waals surface area contributed by atoms with Crippen molar-refractivity contribution in [2.24, 2.45) is 0 Å². The molecule has 0 bridgehead atoms. The molecule has 2 heterocycles. The number of benzene rings is 1. The van der Waals surface area contributed by atoms with E-state index < -0.39 is 5.97 Å². The third-order valence-electron chi connectivity index (χ3n) is 4.00. The minimum atomic E-state index is -0.865. The van der Waals surface area contributed by atoms with Crippen LogP contribution in [0.5, 0.6) is 0 Å². The molecule has 0 amide bonds. The topological polar surface area (TPSA) is 53.4 Å². The molecule has 1 aromatic heterocycles. The molecule has 3 rings (SSSR count). The van der Waals surface area contributed by atoms with Gasteiger partial charge in [-0.1, -0.05) is 6.07 Å². The Labute approximate surface area is 124 Å². The van der Waals surface area contributed by atoms with Crippen molar-refractivity contribution in [2.45, 2.75) is 26.3 Å². The molecule has 1 N–H and O–H groups in total. The second-order valence-corrected chi connectivity index (χ2v) is 5.44. The van der Waals surface area contributed by atoms with E-state index in [-0.39, 0.29) is 0 Å². The van der Waals surface area contributed by atoms with Crippen molar-refractivity contribution < 1.29 is 9.90 Å². The van der Waals surface area contributed by atoms with Gasteiger partial charge in [0, 0.05) is 18.4 Å². The van der Waals surface area contributed by atoms with Crippen molar-refractivity contribution >= 4 is 11.7 Å². The highest BCUT2D eigenvalue weighted by Crippen LogP contribution is 2.29. The number of aromatic carboxylic acids is 1. The third-order valence-corrected chi connectivity index (χ3v) is 4.00. The Kier molecular flexibility index (Phi) is 3.60.